The summed E-state index contributed by atoms with van der Waals surface area (Å²) in [6, 6.07) is 21.0. The molecule has 0 radical (unpaired) electrons. The van der Waals surface area contributed by atoms with Crippen LogP contribution in [-0.2, 0) is 16.5 Å². The predicted octanol–water partition coefficient (Wildman–Crippen LogP) is 0.589. The SMILES string of the molecule is O=S(=O)([O-])C(F)(F)F.OCCC(C#C[I+]c1ccccc1)CCc1ccccc1. The first-order chi connectivity index (χ1) is 13.6. The minimum absolute atomic E-state index is 0.220. The van der Waals surface area contributed by atoms with Crippen LogP contribution in [0.4, 0.5) is 13.2 Å². The summed E-state index contributed by atoms with van der Waals surface area (Å²) in [6.45, 7) is 0.220. The van der Waals surface area contributed by atoms with Crippen molar-refractivity contribution in [1.82, 2.24) is 0 Å². The maximum absolute atomic E-state index is 10.7. The molecule has 0 aromatic heterocycles. The molecule has 158 valence electrons. The van der Waals surface area contributed by atoms with E-state index in [2.05, 4.69) is 58.4 Å². The van der Waals surface area contributed by atoms with Crippen LogP contribution in [0.25, 0.3) is 0 Å². The van der Waals surface area contributed by atoms with Crippen LogP contribution >= 0.6 is 0 Å². The Morgan fingerprint density at radius 2 is 1.52 bits per heavy atom. The molecule has 29 heavy (non-hydrogen) atoms. The van der Waals surface area contributed by atoms with Crippen molar-refractivity contribution in [3.63, 3.8) is 0 Å². The zero-order valence-corrected chi connectivity index (χ0v) is 18.2. The Morgan fingerprint density at radius 1 is 1.00 bits per heavy atom. The molecule has 1 N–H and O–H groups in total. The molecule has 0 aliphatic carbocycles. The van der Waals surface area contributed by atoms with Gasteiger partial charge in [-0.05, 0) is 42.9 Å². The lowest BCUT2D eigenvalue weighted by Crippen LogP contribution is -3.59. The molecule has 0 heterocycles. The first kappa shape index (κ1) is 25.4. The van der Waals surface area contributed by atoms with E-state index >= 15 is 0 Å². The molecule has 0 fully saturated rings. The van der Waals surface area contributed by atoms with Gasteiger partial charge in [0.15, 0.2) is 14.0 Å². The molecular formula is C20H20F3IO4S. The number of halogens is 4. The highest BCUT2D eigenvalue weighted by molar-refractivity contribution is 7.86. The van der Waals surface area contributed by atoms with Crippen LogP contribution in [0, 0.1) is 19.3 Å². The summed E-state index contributed by atoms with van der Waals surface area (Å²) in [5, 5.41) is 9.19. The second-order valence-electron chi connectivity index (χ2n) is 5.76. The van der Waals surface area contributed by atoms with Gasteiger partial charge in [0.25, 0.3) is 0 Å². The molecule has 4 nitrogen and oxygen atoms in total. The summed E-state index contributed by atoms with van der Waals surface area (Å²) in [4.78, 5) is 0. The monoisotopic (exact) mass is 540 g/mol. The molecule has 1 atom stereocenters. The molecule has 0 aliphatic heterocycles. The topological polar surface area (TPSA) is 77.4 Å². The van der Waals surface area contributed by atoms with Crippen molar-refractivity contribution >= 4 is 10.1 Å². The summed E-state index contributed by atoms with van der Waals surface area (Å²) in [5.74, 6) is 3.68. The fraction of sp³-hybridized carbons (Fsp3) is 0.300. The smallest absolute Gasteiger partial charge is 0.485 e. The van der Waals surface area contributed by atoms with Gasteiger partial charge in [0.05, 0.1) is 0 Å². The third-order valence-corrected chi connectivity index (χ3v) is 6.02. The zero-order chi connectivity index (χ0) is 21.8. The van der Waals surface area contributed by atoms with Gasteiger partial charge in [0.1, 0.15) is 0 Å². The predicted molar refractivity (Wildman–Crippen MR) is 98.6 cm³/mol. The summed E-state index contributed by atoms with van der Waals surface area (Å²) >= 11 is -0.228. The van der Waals surface area contributed by atoms with Crippen molar-refractivity contribution in [1.29, 1.82) is 0 Å². The molecular weight excluding hydrogens is 520 g/mol. The minimum Gasteiger partial charge on any atom is -0.741 e. The minimum atomic E-state index is -6.09. The molecule has 2 rings (SSSR count). The van der Waals surface area contributed by atoms with E-state index in [0.29, 0.717) is 5.92 Å². The number of hydrogen-bond donors (Lipinski definition) is 1. The van der Waals surface area contributed by atoms with Crippen molar-refractivity contribution in [2.45, 2.75) is 24.8 Å². The third-order valence-electron chi connectivity index (χ3n) is 3.53. The molecule has 0 amide bonds. The van der Waals surface area contributed by atoms with Gasteiger partial charge in [-0.2, -0.15) is 13.2 Å². The van der Waals surface area contributed by atoms with Crippen molar-refractivity contribution in [2.75, 3.05) is 6.61 Å². The van der Waals surface area contributed by atoms with Gasteiger partial charge in [0.2, 0.25) is 3.57 Å². The second-order valence-corrected chi connectivity index (χ2v) is 9.46. The van der Waals surface area contributed by atoms with Gasteiger partial charge in [0, 0.05) is 12.5 Å². The molecule has 0 bridgehead atoms. The average molecular weight is 540 g/mol. The summed E-state index contributed by atoms with van der Waals surface area (Å²) in [5.41, 5.74) is -4.30. The van der Waals surface area contributed by atoms with Crippen LogP contribution in [0.15, 0.2) is 60.7 Å². The van der Waals surface area contributed by atoms with Gasteiger partial charge in [-0.1, -0.05) is 48.5 Å². The molecule has 0 saturated heterocycles. The highest BCUT2D eigenvalue weighted by Gasteiger charge is 2.36. The highest BCUT2D eigenvalue weighted by Crippen LogP contribution is 2.20. The van der Waals surface area contributed by atoms with Crippen molar-refractivity contribution in [3.05, 3.63) is 69.8 Å². The number of aryl methyl sites for hydroxylation is 1. The van der Waals surface area contributed by atoms with Crippen molar-refractivity contribution in [3.8, 4) is 9.85 Å². The Bertz CT molecular complexity index is 877. The standard InChI is InChI=1S/C19H20IO.CHF3O3S/c21-16-14-18(12-11-17-7-3-1-4-8-17)13-15-20-19-9-5-2-6-10-19;2-1(3,4)8(5,6)7/h1-10,18,21H,11-12,14,16H2;(H,5,6,7)/q+1;/p-1. The van der Waals surface area contributed by atoms with Crippen LogP contribution < -0.4 is 21.2 Å². The van der Waals surface area contributed by atoms with Crippen molar-refractivity contribution < 1.29 is 52.5 Å². The molecule has 0 saturated carbocycles. The Labute approximate surface area is 179 Å². The van der Waals surface area contributed by atoms with E-state index in [-0.39, 0.29) is 27.8 Å². The normalized spacial score (nSPS) is 12.2. The lowest BCUT2D eigenvalue weighted by molar-refractivity contribution is -0.535. The number of rotatable bonds is 6. The van der Waals surface area contributed by atoms with Crippen LogP contribution in [-0.4, -0.2) is 30.2 Å². The highest BCUT2D eigenvalue weighted by atomic mass is 127. The number of aliphatic hydroxyl groups excluding tert-OH is 1. The van der Waals surface area contributed by atoms with E-state index in [9.17, 15) is 18.3 Å². The number of hydrogen-bond acceptors (Lipinski definition) is 4. The van der Waals surface area contributed by atoms with Crippen molar-refractivity contribution in [2.24, 2.45) is 5.92 Å². The lowest BCUT2D eigenvalue weighted by Gasteiger charge is -2.08. The summed E-state index contributed by atoms with van der Waals surface area (Å²) in [6.07, 6.45) is 2.83. The Morgan fingerprint density at radius 3 is 2.00 bits per heavy atom. The van der Waals surface area contributed by atoms with Gasteiger partial charge in [-0.15, -0.1) is 0 Å². The molecule has 0 aliphatic rings. The van der Waals surface area contributed by atoms with E-state index in [1.807, 2.05) is 12.1 Å². The molecule has 9 heteroatoms. The van der Waals surface area contributed by atoms with E-state index in [4.69, 9.17) is 13.0 Å². The Hall–Kier alpha value is -1.61. The Balaban J connectivity index is 0.000000447. The molecule has 0 spiro atoms. The van der Waals surface area contributed by atoms with E-state index < -0.39 is 15.6 Å². The van der Waals surface area contributed by atoms with E-state index in [1.165, 1.54) is 9.13 Å². The van der Waals surface area contributed by atoms with Crippen LogP contribution in [0.3, 0.4) is 0 Å². The van der Waals surface area contributed by atoms with Gasteiger partial charge < -0.3 is 9.66 Å². The largest absolute Gasteiger partial charge is 0.741 e. The maximum atomic E-state index is 10.7. The number of benzene rings is 2. The summed E-state index contributed by atoms with van der Waals surface area (Å²) in [7, 11) is -6.09. The average Bonchev–Trinajstić information content (AvgIpc) is 2.67. The molecule has 1 unspecified atom stereocenters. The molecule has 2 aromatic carbocycles. The zero-order valence-electron chi connectivity index (χ0n) is 15.3. The lowest BCUT2D eigenvalue weighted by atomic mass is 9.98. The maximum Gasteiger partial charge on any atom is 0.485 e. The second kappa shape index (κ2) is 12.8. The fourth-order valence-corrected chi connectivity index (χ4v) is 3.75. The number of alkyl halides is 3. The van der Waals surface area contributed by atoms with Crippen LogP contribution in [0.5, 0.6) is 0 Å². The first-order valence-corrected chi connectivity index (χ1v) is 12.1. The quantitative estimate of drug-likeness (QED) is 0.252. The van der Waals surface area contributed by atoms with Crippen LogP contribution in [0.1, 0.15) is 18.4 Å². The van der Waals surface area contributed by atoms with Gasteiger partial charge >= 0.3 is 26.7 Å². The summed E-state index contributed by atoms with van der Waals surface area (Å²) < 4.78 is 63.6. The Kier molecular flexibility index (Phi) is 11.3. The molecule has 2 aromatic rings. The van der Waals surface area contributed by atoms with E-state index in [1.54, 1.807) is 0 Å². The van der Waals surface area contributed by atoms with Crippen LogP contribution in [0.2, 0.25) is 0 Å². The first-order valence-electron chi connectivity index (χ1n) is 8.50. The van der Waals surface area contributed by atoms with Gasteiger partial charge in [-0.25, -0.2) is 8.42 Å². The fourth-order valence-electron chi connectivity index (χ4n) is 2.07. The van der Waals surface area contributed by atoms with Gasteiger partial charge in [-0.3, -0.25) is 0 Å². The third kappa shape index (κ3) is 11.2. The van der Waals surface area contributed by atoms with E-state index in [0.717, 1.165) is 19.3 Å². The number of aliphatic hydroxyl groups is 1.